The SMILES string of the molecule is CCc1ccccn1.C[CH2][Al]([CH2]C)[CH2]C. The van der Waals surface area contributed by atoms with Crippen molar-refractivity contribution < 1.29 is 0 Å². The zero-order valence-corrected chi connectivity index (χ0v) is 11.8. The molecule has 1 rings (SSSR count). The molecule has 0 amide bonds. The summed E-state index contributed by atoms with van der Waals surface area (Å²) in [5, 5.41) is 4.48. The number of aryl methyl sites for hydroxylation is 1. The zero-order valence-electron chi connectivity index (χ0n) is 10.7. The summed E-state index contributed by atoms with van der Waals surface area (Å²) in [5.74, 6) is 0. The lowest BCUT2D eigenvalue weighted by atomic mass is 10.3. The quantitative estimate of drug-likeness (QED) is 0.695. The Hall–Kier alpha value is -0.318. The van der Waals surface area contributed by atoms with Crippen LogP contribution in [0.5, 0.6) is 0 Å². The number of hydrogen-bond acceptors (Lipinski definition) is 1. The van der Waals surface area contributed by atoms with Crippen molar-refractivity contribution in [2.75, 3.05) is 0 Å². The van der Waals surface area contributed by atoms with Crippen LogP contribution in [0, 0.1) is 0 Å². The average Bonchev–Trinajstić information content (AvgIpc) is 2.33. The molecule has 1 heterocycles. The fourth-order valence-corrected chi connectivity index (χ4v) is 3.21. The molecule has 0 spiro atoms. The normalized spacial score (nSPS) is 9.07. The van der Waals surface area contributed by atoms with Gasteiger partial charge in [0.15, 0.2) is 0 Å². The predicted molar refractivity (Wildman–Crippen MR) is 70.8 cm³/mol. The van der Waals surface area contributed by atoms with Gasteiger partial charge in [-0.1, -0.05) is 49.6 Å². The van der Waals surface area contributed by atoms with Gasteiger partial charge in [0.25, 0.3) is 14.1 Å². The second kappa shape index (κ2) is 10.2. The van der Waals surface area contributed by atoms with Gasteiger partial charge in [-0.15, -0.1) is 0 Å². The van der Waals surface area contributed by atoms with Gasteiger partial charge in [0, 0.05) is 11.9 Å². The minimum absolute atomic E-state index is 0.171. The third kappa shape index (κ3) is 7.59. The van der Waals surface area contributed by atoms with Crippen LogP contribution in [-0.2, 0) is 6.42 Å². The molecule has 0 atom stereocenters. The van der Waals surface area contributed by atoms with Gasteiger partial charge in [0.05, 0.1) is 0 Å². The number of aromatic nitrogens is 1. The fraction of sp³-hybridized carbons (Fsp3) is 0.615. The van der Waals surface area contributed by atoms with Crippen molar-refractivity contribution in [3.8, 4) is 0 Å². The maximum atomic E-state index is 4.10. The first-order valence-corrected chi connectivity index (χ1v) is 8.63. The van der Waals surface area contributed by atoms with Crippen molar-refractivity contribution in [1.82, 2.24) is 4.98 Å². The second-order valence-electron chi connectivity index (χ2n) is 3.77. The molecule has 0 aliphatic heterocycles. The Balaban J connectivity index is 0.000000265. The van der Waals surface area contributed by atoms with Gasteiger partial charge in [0.2, 0.25) is 0 Å². The molecular weight excluding hydrogens is 197 g/mol. The molecule has 0 N–H and O–H groups in total. The first-order chi connectivity index (χ1) is 7.28. The Bertz CT molecular complexity index is 214. The van der Waals surface area contributed by atoms with Crippen molar-refractivity contribution in [1.29, 1.82) is 0 Å². The molecule has 0 bridgehead atoms. The Kier molecular flexibility index (Phi) is 9.99. The molecule has 0 aromatic carbocycles. The van der Waals surface area contributed by atoms with E-state index in [1.165, 1.54) is 15.8 Å². The largest absolute Gasteiger partial charge is 0.261 e. The molecule has 0 aliphatic rings. The van der Waals surface area contributed by atoms with Gasteiger partial charge in [-0.05, 0) is 18.6 Å². The first-order valence-electron chi connectivity index (χ1n) is 6.18. The van der Waals surface area contributed by atoms with Crippen LogP contribution >= 0.6 is 0 Å². The average molecular weight is 221 g/mol. The Morgan fingerprint density at radius 2 is 1.60 bits per heavy atom. The third-order valence-electron chi connectivity index (χ3n) is 2.82. The number of hydrogen-bond donors (Lipinski definition) is 0. The highest BCUT2D eigenvalue weighted by Crippen LogP contribution is 2.01. The van der Waals surface area contributed by atoms with E-state index in [9.17, 15) is 0 Å². The second-order valence-corrected chi connectivity index (χ2v) is 7.95. The van der Waals surface area contributed by atoms with Gasteiger partial charge < -0.3 is 0 Å². The molecule has 1 aromatic rings. The minimum atomic E-state index is -0.171. The van der Waals surface area contributed by atoms with Crippen LogP contribution in [0.3, 0.4) is 0 Å². The van der Waals surface area contributed by atoms with Gasteiger partial charge >= 0.3 is 0 Å². The third-order valence-corrected chi connectivity index (χ3v) is 6.28. The molecule has 0 fully saturated rings. The lowest BCUT2D eigenvalue weighted by Gasteiger charge is -1.97. The van der Waals surface area contributed by atoms with Crippen molar-refractivity contribution in [2.45, 2.75) is 50.0 Å². The standard InChI is InChI=1S/C7H9N.3C2H5.Al/c1-2-7-5-3-4-6-8-7;3*1-2;/h3-6H,2H2,1H3;3*1H2,2H3;. The molecule has 1 aromatic heterocycles. The van der Waals surface area contributed by atoms with E-state index in [1.54, 1.807) is 0 Å². The summed E-state index contributed by atoms with van der Waals surface area (Å²) >= 11 is -0.171. The minimum Gasteiger partial charge on any atom is -0.261 e. The van der Waals surface area contributed by atoms with E-state index in [0.717, 1.165) is 12.1 Å². The van der Waals surface area contributed by atoms with Crippen LogP contribution in [0.15, 0.2) is 24.4 Å². The van der Waals surface area contributed by atoms with Crippen LogP contribution in [0.4, 0.5) is 0 Å². The van der Waals surface area contributed by atoms with Crippen LogP contribution in [0.2, 0.25) is 15.8 Å². The Labute approximate surface area is 99.3 Å². The summed E-state index contributed by atoms with van der Waals surface area (Å²) in [6, 6.07) is 5.96. The summed E-state index contributed by atoms with van der Waals surface area (Å²) in [4.78, 5) is 4.10. The van der Waals surface area contributed by atoms with Gasteiger partial charge in [-0.3, -0.25) is 4.98 Å². The Morgan fingerprint density at radius 1 is 1.00 bits per heavy atom. The highest BCUT2D eigenvalue weighted by molar-refractivity contribution is 6.58. The van der Waals surface area contributed by atoms with E-state index in [4.69, 9.17) is 0 Å². The van der Waals surface area contributed by atoms with E-state index < -0.39 is 0 Å². The molecule has 0 saturated heterocycles. The van der Waals surface area contributed by atoms with Crippen molar-refractivity contribution in [3.05, 3.63) is 30.1 Å². The lowest BCUT2D eigenvalue weighted by Crippen LogP contribution is -2.04. The topological polar surface area (TPSA) is 12.9 Å². The van der Waals surface area contributed by atoms with Crippen molar-refractivity contribution >= 4 is 14.1 Å². The predicted octanol–water partition coefficient (Wildman–Crippen LogP) is 4.18. The maximum absolute atomic E-state index is 4.10. The van der Waals surface area contributed by atoms with Crippen LogP contribution in [0.25, 0.3) is 0 Å². The molecule has 0 radical (unpaired) electrons. The molecule has 1 nitrogen and oxygen atoms in total. The van der Waals surface area contributed by atoms with Crippen LogP contribution in [-0.4, -0.2) is 19.1 Å². The van der Waals surface area contributed by atoms with Crippen molar-refractivity contribution in [3.63, 3.8) is 0 Å². The first kappa shape index (κ1) is 14.7. The van der Waals surface area contributed by atoms with Gasteiger partial charge in [-0.2, -0.15) is 0 Å². The van der Waals surface area contributed by atoms with E-state index in [-0.39, 0.29) is 14.1 Å². The van der Waals surface area contributed by atoms with Gasteiger partial charge in [-0.25, -0.2) is 0 Å². The summed E-state index contributed by atoms with van der Waals surface area (Å²) in [7, 11) is 0. The molecule has 0 saturated carbocycles. The molecule has 84 valence electrons. The van der Waals surface area contributed by atoms with E-state index in [0.29, 0.717) is 0 Å². The molecular formula is C13H24AlN. The fourth-order valence-electron chi connectivity index (χ4n) is 1.47. The lowest BCUT2D eigenvalue weighted by molar-refractivity contribution is 1.04. The number of rotatable bonds is 4. The van der Waals surface area contributed by atoms with Crippen molar-refractivity contribution in [2.24, 2.45) is 0 Å². The molecule has 15 heavy (non-hydrogen) atoms. The van der Waals surface area contributed by atoms with Crippen LogP contribution < -0.4 is 0 Å². The zero-order chi connectivity index (χ0) is 11.5. The monoisotopic (exact) mass is 221 g/mol. The van der Waals surface area contributed by atoms with E-state index in [1.807, 2.05) is 24.4 Å². The van der Waals surface area contributed by atoms with E-state index >= 15 is 0 Å². The Morgan fingerprint density at radius 3 is 1.80 bits per heavy atom. The molecule has 0 unspecified atom stereocenters. The molecule has 0 aliphatic carbocycles. The van der Waals surface area contributed by atoms with Gasteiger partial charge in [0.1, 0.15) is 0 Å². The highest BCUT2D eigenvalue weighted by atomic mass is 27.2. The highest BCUT2D eigenvalue weighted by Gasteiger charge is 2.05. The van der Waals surface area contributed by atoms with E-state index in [2.05, 4.69) is 32.7 Å². The molecule has 2 heteroatoms. The summed E-state index contributed by atoms with van der Waals surface area (Å²) in [6.07, 6.45) is 2.85. The maximum Gasteiger partial charge on any atom is 0.261 e. The summed E-state index contributed by atoms with van der Waals surface area (Å²) in [6.45, 7) is 9.07. The number of pyridine rings is 1. The van der Waals surface area contributed by atoms with Crippen LogP contribution in [0.1, 0.15) is 33.4 Å². The summed E-state index contributed by atoms with van der Waals surface area (Å²) < 4.78 is 0. The number of nitrogens with zero attached hydrogens (tertiary/aromatic N) is 1. The summed E-state index contributed by atoms with van der Waals surface area (Å²) in [5.41, 5.74) is 1.16. The smallest absolute Gasteiger partial charge is 0.261 e.